The number of aryl methyl sites for hydroxylation is 2. The van der Waals surface area contributed by atoms with Gasteiger partial charge in [0.25, 0.3) is 5.91 Å². The van der Waals surface area contributed by atoms with Crippen LogP contribution in [0.3, 0.4) is 0 Å². The summed E-state index contributed by atoms with van der Waals surface area (Å²) in [5.41, 5.74) is 11.6. The second-order valence-electron chi connectivity index (χ2n) is 10.3. The van der Waals surface area contributed by atoms with Gasteiger partial charge in [-0.1, -0.05) is 43.3 Å². The van der Waals surface area contributed by atoms with Crippen LogP contribution in [-0.2, 0) is 19.9 Å². The Bertz CT molecular complexity index is 1440. The number of likely N-dealkylation sites (N-methyl/N-ethyl adjacent to an activating group) is 1. The van der Waals surface area contributed by atoms with E-state index in [-0.39, 0.29) is 11.5 Å². The number of carbonyl (C=O) groups excluding carboxylic acids is 1. The Morgan fingerprint density at radius 3 is 2.12 bits per heavy atom. The van der Waals surface area contributed by atoms with Gasteiger partial charge in [-0.25, -0.2) is 9.97 Å². The zero-order valence-corrected chi connectivity index (χ0v) is 23.4. The van der Waals surface area contributed by atoms with Gasteiger partial charge in [0, 0.05) is 51.7 Å². The molecule has 4 aromatic rings. The molecule has 208 valence electrons. The number of nitrogens with zero attached hydrogens (tertiary/aromatic N) is 6. The maximum absolute atomic E-state index is 12.1. The third-order valence-corrected chi connectivity index (χ3v) is 7.25. The highest BCUT2D eigenvalue weighted by Gasteiger charge is 2.18. The molecule has 2 aromatic carbocycles. The summed E-state index contributed by atoms with van der Waals surface area (Å²) in [6, 6.07) is 17.1. The van der Waals surface area contributed by atoms with Gasteiger partial charge in [0.15, 0.2) is 17.3 Å². The van der Waals surface area contributed by atoms with Crippen molar-refractivity contribution in [3.8, 4) is 11.1 Å². The van der Waals surface area contributed by atoms with E-state index in [4.69, 9.17) is 5.73 Å². The molecular weight excluding hydrogens is 502 g/mol. The van der Waals surface area contributed by atoms with E-state index in [1.165, 1.54) is 11.1 Å². The molecule has 1 fully saturated rings. The van der Waals surface area contributed by atoms with Crippen molar-refractivity contribution in [1.82, 2.24) is 29.5 Å². The molecule has 10 nitrogen and oxygen atoms in total. The maximum Gasteiger partial charge on any atom is 0.271 e. The molecule has 2 aromatic heterocycles. The summed E-state index contributed by atoms with van der Waals surface area (Å²) in [6.45, 7) is 7.68. The first-order chi connectivity index (χ1) is 19.4. The van der Waals surface area contributed by atoms with Crippen LogP contribution in [0.1, 0.15) is 28.7 Å². The van der Waals surface area contributed by atoms with Crippen LogP contribution in [-0.4, -0.2) is 75.2 Å². The highest BCUT2D eigenvalue weighted by Crippen LogP contribution is 2.27. The zero-order valence-electron chi connectivity index (χ0n) is 23.4. The average Bonchev–Trinajstić information content (AvgIpc) is 3.37. The summed E-state index contributed by atoms with van der Waals surface area (Å²) in [5.74, 6) is 0.204. The normalized spacial score (nSPS) is 14.3. The summed E-state index contributed by atoms with van der Waals surface area (Å²) in [4.78, 5) is 26.2. The van der Waals surface area contributed by atoms with Gasteiger partial charge in [-0.3, -0.25) is 9.48 Å². The van der Waals surface area contributed by atoms with Crippen LogP contribution in [0, 0.1) is 0 Å². The Kier molecular flexibility index (Phi) is 8.37. The Morgan fingerprint density at radius 1 is 0.875 bits per heavy atom. The number of anilines is 4. The molecule has 0 saturated carbocycles. The third-order valence-electron chi connectivity index (χ3n) is 7.25. The molecule has 0 bridgehead atoms. The van der Waals surface area contributed by atoms with Gasteiger partial charge in [0.1, 0.15) is 0 Å². The van der Waals surface area contributed by atoms with E-state index >= 15 is 0 Å². The number of primary amides is 1. The van der Waals surface area contributed by atoms with Crippen LogP contribution in [0.15, 0.2) is 60.9 Å². The second kappa shape index (κ2) is 12.3. The minimum atomic E-state index is -0.644. The minimum Gasteiger partial charge on any atom is -0.364 e. The standard InChI is InChI=1S/C30H37N9O/c1-4-26-29(36-30(27(35-26)28(31)40)34-25-19-32-38(3)20-25)33-24-11-9-23(10-12-24)22-7-5-21(6-8-22)13-14-39-17-15-37(2)16-18-39/h5-12,19-20H,4,13-18H2,1-3H3,(H2,31,40)(H2,33,34,36). The van der Waals surface area contributed by atoms with Crippen molar-refractivity contribution in [2.24, 2.45) is 12.8 Å². The number of hydrogen-bond acceptors (Lipinski definition) is 8. The SMILES string of the molecule is CCc1nc(C(N)=O)c(Nc2cnn(C)c2)nc1Nc1ccc(-c2ccc(CCN3CCN(C)CC3)cc2)cc1. The lowest BCUT2D eigenvalue weighted by Gasteiger charge is -2.32. The van der Waals surface area contributed by atoms with Crippen molar-refractivity contribution < 1.29 is 4.79 Å². The number of hydrogen-bond donors (Lipinski definition) is 3. The Balaban J connectivity index is 1.27. The number of benzene rings is 2. The van der Waals surface area contributed by atoms with Gasteiger partial charge < -0.3 is 26.2 Å². The molecule has 0 aliphatic carbocycles. The second-order valence-corrected chi connectivity index (χ2v) is 10.3. The molecule has 1 aliphatic rings. The summed E-state index contributed by atoms with van der Waals surface area (Å²) >= 11 is 0. The average molecular weight is 540 g/mol. The molecule has 0 atom stereocenters. The zero-order chi connectivity index (χ0) is 28.1. The highest BCUT2D eigenvalue weighted by atomic mass is 16.1. The van der Waals surface area contributed by atoms with E-state index in [0.717, 1.165) is 50.4 Å². The number of nitrogens with one attached hydrogen (secondary N) is 2. The molecule has 0 unspecified atom stereocenters. The van der Waals surface area contributed by atoms with Crippen LogP contribution >= 0.6 is 0 Å². The minimum absolute atomic E-state index is 0.0913. The van der Waals surface area contributed by atoms with Crippen molar-refractivity contribution in [3.63, 3.8) is 0 Å². The Labute approximate surface area is 235 Å². The molecule has 1 amide bonds. The first-order valence-electron chi connectivity index (χ1n) is 13.7. The molecule has 3 heterocycles. The predicted molar refractivity (Wildman–Crippen MR) is 159 cm³/mol. The lowest BCUT2D eigenvalue weighted by atomic mass is 10.0. The molecule has 10 heteroatoms. The monoisotopic (exact) mass is 539 g/mol. The number of nitrogens with two attached hydrogens (primary N) is 1. The van der Waals surface area contributed by atoms with Crippen molar-refractivity contribution in [2.75, 3.05) is 50.4 Å². The molecule has 5 rings (SSSR count). The van der Waals surface area contributed by atoms with Crippen molar-refractivity contribution >= 4 is 28.9 Å². The number of amides is 1. The van der Waals surface area contributed by atoms with Gasteiger partial charge in [0.2, 0.25) is 0 Å². The lowest BCUT2D eigenvalue weighted by Crippen LogP contribution is -2.45. The van der Waals surface area contributed by atoms with Gasteiger partial charge in [0.05, 0.1) is 17.6 Å². The van der Waals surface area contributed by atoms with Crippen molar-refractivity contribution in [3.05, 3.63) is 77.9 Å². The molecule has 0 radical (unpaired) electrons. The van der Waals surface area contributed by atoms with E-state index < -0.39 is 5.91 Å². The van der Waals surface area contributed by atoms with Gasteiger partial charge in [-0.05, 0) is 48.7 Å². The van der Waals surface area contributed by atoms with Crippen LogP contribution in [0.25, 0.3) is 11.1 Å². The first kappa shape index (κ1) is 27.3. The number of aromatic nitrogens is 4. The van der Waals surface area contributed by atoms with Crippen LogP contribution in [0.5, 0.6) is 0 Å². The van der Waals surface area contributed by atoms with E-state index in [0.29, 0.717) is 23.6 Å². The first-order valence-corrected chi connectivity index (χ1v) is 13.7. The maximum atomic E-state index is 12.1. The van der Waals surface area contributed by atoms with Crippen LogP contribution < -0.4 is 16.4 Å². The third kappa shape index (κ3) is 6.64. The smallest absolute Gasteiger partial charge is 0.271 e. The van der Waals surface area contributed by atoms with E-state index in [1.54, 1.807) is 17.1 Å². The van der Waals surface area contributed by atoms with Crippen LogP contribution in [0.4, 0.5) is 23.0 Å². The number of piperazine rings is 1. The molecule has 0 spiro atoms. The van der Waals surface area contributed by atoms with E-state index in [9.17, 15) is 4.79 Å². The van der Waals surface area contributed by atoms with Crippen molar-refractivity contribution in [2.45, 2.75) is 19.8 Å². The largest absolute Gasteiger partial charge is 0.364 e. The fraction of sp³-hybridized carbons (Fsp3) is 0.333. The predicted octanol–water partition coefficient (Wildman–Crippen LogP) is 3.82. The fourth-order valence-corrected chi connectivity index (χ4v) is 4.80. The summed E-state index contributed by atoms with van der Waals surface area (Å²) in [7, 11) is 4.00. The highest BCUT2D eigenvalue weighted by molar-refractivity contribution is 5.96. The molecule has 40 heavy (non-hydrogen) atoms. The number of carbonyl (C=O) groups is 1. The lowest BCUT2D eigenvalue weighted by molar-refractivity contribution is 0.0996. The van der Waals surface area contributed by atoms with Crippen LogP contribution in [0.2, 0.25) is 0 Å². The topological polar surface area (TPSA) is 117 Å². The summed E-state index contributed by atoms with van der Waals surface area (Å²) < 4.78 is 1.66. The summed E-state index contributed by atoms with van der Waals surface area (Å²) in [5, 5.41) is 10.6. The van der Waals surface area contributed by atoms with Gasteiger partial charge in [-0.2, -0.15) is 5.10 Å². The van der Waals surface area contributed by atoms with Gasteiger partial charge in [-0.15, -0.1) is 0 Å². The quantitative estimate of drug-likeness (QED) is 0.279. The molecule has 4 N–H and O–H groups in total. The van der Waals surface area contributed by atoms with E-state index in [2.05, 4.69) is 78.9 Å². The number of rotatable bonds is 10. The fourth-order valence-electron chi connectivity index (χ4n) is 4.80. The van der Waals surface area contributed by atoms with Gasteiger partial charge >= 0.3 is 0 Å². The summed E-state index contributed by atoms with van der Waals surface area (Å²) in [6.07, 6.45) is 5.08. The Morgan fingerprint density at radius 2 is 1.52 bits per heavy atom. The molecule has 1 saturated heterocycles. The molecule has 1 aliphatic heterocycles. The van der Waals surface area contributed by atoms with Crippen molar-refractivity contribution in [1.29, 1.82) is 0 Å². The molecular formula is C30H37N9O. The van der Waals surface area contributed by atoms with E-state index in [1.807, 2.05) is 26.1 Å². The Hall–Kier alpha value is -4.28.